The highest BCUT2D eigenvalue weighted by Crippen LogP contribution is 2.25. The van der Waals surface area contributed by atoms with Crippen molar-refractivity contribution < 1.29 is 4.73 Å². The van der Waals surface area contributed by atoms with E-state index in [0.717, 1.165) is 49.4 Å². The largest absolute Gasteiger partial charge is 0.618 e. The molecule has 11 heteroatoms. The summed E-state index contributed by atoms with van der Waals surface area (Å²) >= 11 is 11.8. The van der Waals surface area contributed by atoms with Gasteiger partial charge in [-0.15, -0.1) is 0 Å². The third-order valence-corrected chi connectivity index (χ3v) is 6.23. The van der Waals surface area contributed by atoms with Crippen molar-refractivity contribution in [3.05, 3.63) is 88.1 Å². The van der Waals surface area contributed by atoms with Gasteiger partial charge in [0.2, 0.25) is 5.52 Å². The SMILES string of the molecule is Cc1nn(C)cc1-c1cc2nc(Cl)ccc2[n+]([O-])c1.Cc1nn(C)cc1-c1cnc2ccc(Cl)nc2c1. The second kappa shape index (κ2) is 9.76. The smallest absolute Gasteiger partial charge is 0.242 e. The van der Waals surface area contributed by atoms with E-state index in [1.165, 1.54) is 6.20 Å². The molecule has 0 bridgehead atoms. The van der Waals surface area contributed by atoms with E-state index in [1.54, 1.807) is 27.6 Å². The fourth-order valence-corrected chi connectivity index (χ4v) is 4.47. The molecule has 6 aromatic heterocycles. The van der Waals surface area contributed by atoms with Crippen LogP contribution in [0.5, 0.6) is 0 Å². The molecule has 6 heterocycles. The molecule has 0 spiro atoms. The minimum absolute atomic E-state index is 0.368. The fourth-order valence-electron chi connectivity index (χ4n) is 4.16. The number of aromatic nitrogens is 8. The van der Waals surface area contributed by atoms with E-state index < -0.39 is 0 Å². The minimum atomic E-state index is 0.368. The lowest BCUT2D eigenvalue weighted by Gasteiger charge is -2.04. The van der Waals surface area contributed by atoms with Crippen molar-refractivity contribution in [1.29, 1.82) is 0 Å². The van der Waals surface area contributed by atoms with E-state index in [2.05, 4.69) is 25.1 Å². The van der Waals surface area contributed by atoms with E-state index >= 15 is 0 Å². The number of pyridine rings is 4. The van der Waals surface area contributed by atoms with Gasteiger partial charge in [0.1, 0.15) is 15.8 Å². The molecule has 0 aliphatic carbocycles. The van der Waals surface area contributed by atoms with Gasteiger partial charge in [0.15, 0.2) is 6.20 Å². The minimum Gasteiger partial charge on any atom is -0.618 e. The Morgan fingerprint density at radius 1 is 0.757 bits per heavy atom. The van der Waals surface area contributed by atoms with Gasteiger partial charge in [-0.3, -0.25) is 14.3 Å². The average Bonchev–Trinajstić information content (AvgIpc) is 3.37. The van der Waals surface area contributed by atoms with Gasteiger partial charge >= 0.3 is 0 Å². The maximum Gasteiger partial charge on any atom is 0.242 e. The van der Waals surface area contributed by atoms with Crippen LogP contribution in [-0.2, 0) is 14.1 Å². The van der Waals surface area contributed by atoms with Crippen LogP contribution in [0.25, 0.3) is 44.3 Å². The van der Waals surface area contributed by atoms with Gasteiger partial charge in [0, 0.05) is 55.4 Å². The molecule has 186 valence electrons. The second-order valence-electron chi connectivity index (χ2n) is 8.59. The third-order valence-electron chi connectivity index (χ3n) is 5.81. The Kier molecular flexibility index (Phi) is 6.49. The first-order valence-electron chi connectivity index (χ1n) is 11.3. The van der Waals surface area contributed by atoms with E-state index in [-0.39, 0.29) is 0 Å². The normalized spacial score (nSPS) is 11.1. The standard InChI is InChI=1S/C13H11ClN4O.C13H11ClN4/c1-8-10(7-17(2)16-8)9-5-11-12(18(19)6-9)3-4-13(14)15-11;1-8-10(7-18(2)17-8)9-5-12-11(15-6-9)3-4-13(14)16-12/h3-7H,1-2H3;3-7H,1-2H3. The van der Waals surface area contributed by atoms with Crippen LogP contribution in [0.15, 0.2) is 61.2 Å². The first kappa shape index (κ1) is 24.6. The summed E-state index contributed by atoms with van der Waals surface area (Å²) in [5.74, 6) is 0. The molecule has 0 radical (unpaired) electrons. The lowest BCUT2D eigenvalue weighted by atomic mass is 10.1. The molecule has 0 atom stereocenters. The zero-order valence-electron chi connectivity index (χ0n) is 20.5. The Bertz CT molecular complexity index is 1780. The van der Waals surface area contributed by atoms with Crippen LogP contribution in [0, 0.1) is 19.1 Å². The van der Waals surface area contributed by atoms with E-state index in [4.69, 9.17) is 23.2 Å². The summed E-state index contributed by atoms with van der Waals surface area (Å²) in [7, 11) is 3.75. The van der Waals surface area contributed by atoms with Crippen molar-refractivity contribution in [2.75, 3.05) is 0 Å². The monoisotopic (exact) mass is 532 g/mol. The Morgan fingerprint density at radius 2 is 1.32 bits per heavy atom. The molecule has 0 N–H and O–H groups in total. The van der Waals surface area contributed by atoms with Crippen LogP contribution in [0.3, 0.4) is 0 Å². The van der Waals surface area contributed by atoms with Gasteiger partial charge in [-0.1, -0.05) is 23.2 Å². The first-order chi connectivity index (χ1) is 17.7. The Hall–Kier alpha value is -4.08. The molecule has 0 aliphatic rings. The zero-order chi connectivity index (χ0) is 26.3. The molecular weight excluding hydrogens is 511 g/mol. The molecule has 9 nitrogen and oxygen atoms in total. The van der Waals surface area contributed by atoms with Crippen LogP contribution >= 0.6 is 23.2 Å². The Labute approximate surface area is 222 Å². The van der Waals surface area contributed by atoms with Gasteiger partial charge in [-0.25, -0.2) is 9.97 Å². The van der Waals surface area contributed by atoms with Crippen molar-refractivity contribution in [2.45, 2.75) is 13.8 Å². The second-order valence-corrected chi connectivity index (χ2v) is 9.37. The molecule has 0 saturated heterocycles. The molecule has 0 aromatic carbocycles. The number of hydrogen-bond donors (Lipinski definition) is 0. The molecule has 37 heavy (non-hydrogen) atoms. The number of rotatable bonds is 2. The van der Waals surface area contributed by atoms with Crippen molar-refractivity contribution in [3.63, 3.8) is 0 Å². The molecule has 6 aromatic rings. The summed E-state index contributed by atoms with van der Waals surface area (Å²) in [6, 6.07) is 10.7. The van der Waals surface area contributed by atoms with Gasteiger partial charge in [0.05, 0.1) is 28.0 Å². The van der Waals surface area contributed by atoms with Crippen molar-refractivity contribution >= 4 is 45.3 Å². The molecule has 6 rings (SSSR count). The molecule has 0 amide bonds. The van der Waals surface area contributed by atoms with Gasteiger partial charge in [0.25, 0.3) is 0 Å². The van der Waals surface area contributed by atoms with Gasteiger partial charge in [-0.2, -0.15) is 14.9 Å². The predicted molar refractivity (Wildman–Crippen MR) is 144 cm³/mol. The summed E-state index contributed by atoms with van der Waals surface area (Å²) < 4.78 is 4.32. The maximum atomic E-state index is 12.0. The fraction of sp³-hybridized carbons (Fsp3) is 0.154. The van der Waals surface area contributed by atoms with Gasteiger partial charge < -0.3 is 5.21 Å². The van der Waals surface area contributed by atoms with Crippen LogP contribution in [0.2, 0.25) is 10.3 Å². The third kappa shape index (κ3) is 5.09. The summed E-state index contributed by atoms with van der Waals surface area (Å²) in [6.07, 6.45) is 7.22. The molecular formula is C26H22Cl2N8O. The van der Waals surface area contributed by atoms with Crippen molar-refractivity contribution in [2.24, 2.45) is 14.1 Å². The van der Waals surface area contributed by atoms with Crippen molar-refractivity contribution in [3.8, 4) is 22.3 Å². The van der Waals surface area contributed by atoms with Crippen LogP contribution in [-0.4, -0.2) is 34.5 Å². The Morgan fingerprint density at radius 3 is 1.95 bits per heavy atom. The number of fused-ring (bicyclic) bond motifs is 2. The number of nitrogens with zero attached hydrogens (tertiary/aromatic N) is 8. The number of halogens is 2. The van der Waals surface area contributed by atoms with Gasteiger partial charge in [-0.05, 0) is 44.2 Å². The summed E-state index contributed by atoms with van der Waals surface area (Å²) in [4.78, 5) is 12.8. The highest BCUT2D eigenvalue weighted by atomic mass is 35.5. The molecule has 0 unspecified atom stereocenters. The number of hydrogen-bond acceptors (Lipinski definition) is 6. The van der Waals surface area contributed by atoms with Crippen LogP contribution in [0.1, 0.15) is 11.4 Å². The van der Waals surface area contributed by atoms with Crippen LogP contribution < -0.4 is 4.73 Å². The van der Waals surface area contributed by atoms with E-state index in [0.29, 0.717) is 21.3 Å². The maximum absolute atomic E-state index is 12.0. The quantitative estimate of drug-likeness (QED) is 0.172. The summed E-state index contributed by atoms with van der Waals surface area (Å²) in [5, 5.41) is 21.5. The first-order valence-corrected chi connectivity index (χ1v) is 12.1. The highest BCUT2D eigenvalue weighted by molar-refractivity contribution is 6.30. The summed E-state index contributed by atoms with van der Waals surface area (Å²) in [6.45, 7) is 3.88. The van der Waals surface area contributed by atoms with E-state index in [9.17, 15) is 5.21 Å². The number of aryl methyl sites for hydroxylation is 4. The zero-order valence-corrected chi connectivity index (χ0v) is 22.0. The summed E-state index contributed by atoms with van der Waals surface area (Å²) in [5.41, 5.74) is 8.30. The molecule has 0 saturated carbocycles. The average molecular weight is 533 g/mol. The van der Waals surface area contributed by atoms with Crippen LogP contribution in [0.4, 0.5) is 0 Å². The predicted octanol–water partition coefficient (Wildman–Crippen LogP) is 5.22. The van der Waals surface area contributed by atoms with Crippen molar-refractivity contribution in [1.82, 2.24) is 34.5 Å². The molecule has 0 aliphatic heterocycles. The molecule has 0 fully saturated rings. The lowest BCUT2D eigenvalue weighted by molar-refractivity contribution is -0.576. The van der Waals surface area contributed by atoms with E-state index in [1.807, 2.05) is 64.7 Å². The topological polar surface area (TPSA) is 101 Å². The Balaban J connectivity index is 0.000000152. The highest BCUT2D eigenvalue weighted by Gasteiger charge is 2.14. The lowest BCUT2D eigenvalue weighted by Crippen LogP contribution is -2.26.